The molecule has 0 aliphatic carbocycles. The molecule has 0 bridgehead atoms. The van der Waals surface area contributed by atoms with Gasteiger partial charge >= 0.3 is 0 Å². The van der Waals surface area contributed by atoms with Gasteiger partial charge in [0.2, 0.25) is 0 Å². The highest BCUT2D eigenvalue weighted by Crippen LogP contribution is 2.12. The van der Waals surface area contributed by atoms with Crippen molar-refractivity contribution in [3.63, 3.8) is 0 Å². The number of aromatic nitrogens is 1. The third-order valence-corrected chi connectivity index (χ3v) is 2.68. The lowest BCUT2D eigenvalue weighted by Gasteiger charge is -2.02. The SMILES string of the molecule is Cc1ccoc1C(=O)Nc1ccc(I)cn1. The van der Waals surface area contributed by atoms with Gasteiger partial charge in [-0.05, 0) is 47.7 Å². The van der Waals surface area contributed by atoms with Crippen molar-refractivity contribution >= 4 is 34.3 Å². The number of hydrogen-bond acceptors (Lipinski definition) is 3. The predicted molar refractivity (Wildman–Crippen MR) is 68.4 cm³/mol. The van der Waals surface area contributed by atoms with Gasteiger partial charge in [0.05, 0.1) is 6.26 Å². The van der Waals surface area contributed by atoms with Crippen molar-refractivity contribution in [1.29, 1.82) is 0 Å². The minimum absolute atomic E-state index is 0.281. The maximum atomic E-state index is 11.7. The average Bonchev–Trinajstić information content (AvgIpc) is 2.68. The van der Waals surface area contributed by atoms with E-state index in [4.69, 9.17) is 4.42 Å². The zero-order valence-corrected chi connectivity index (χ0v) is 10.7. The molecular weight excluding hydrogens is 319 g/mol. The normalized spacial score (nSPS) is 10.1. The molecule has 0 atom stereocenters. The van der Waals surface area contributed by atoms with Crippen LogP contribution in [0.15, 0.2) is 35.1 Å². The Balaban J connectivity index is 2.14. The van der Waals surface area contributed by atoms with Gasteiger partial charge in [-0.25, -0.2) is 4.98 Å². The number of nitrogens with zero attached hydrogens (tertiary/aromatic N) is 1. The number of carbonyl (C=O) groups excluding carboxylic acids is 1. The van der Waals surface area contributed by atoms with Gasteiger partial charge in [-0.1, -0.05) is 0 Å². The molecule has 0 aromatic carbocycles. The Morgan fingerprint density at radius 1 is 1.44 bits per heavy atom. The molecule has 2 aromatic heterocycles. The molecule has 0 radical (unpaired) electrons. The first-order valence-corrected chi connectivity index (χ1v) is 5.71. The van der Waals surface area contributed by atoms with E-state index in [0.29, 0.717) is 11.6 Å². The maximum Gasteiger partial charge on any atom is 0.292 e. The number of furan rings is 1. The van der Waals surface area contributed by atoms with Crippen LogP contribution in [0.1, 0.15) is 16.1 Å². The zero-order valence-electron chi connectivity index (χ0n) is 8.53. The van der Waals surface area contributed by atoms with E-state index in [1.54, 1.807) is 18.3 Å². The molecule has 1 N–H and O–H groups in total. The Labute approximate surface area is 106 Å². The highest BCUT2D eigenvalue weighted by molar-refractivity contribution is 14.1. The second-order valence-corrected chi connectivity index (χ2v) is 4.49. The molecule has 0 fully saturated rings. The summed E-state index contributed by atoms with van der Waals surface area (Å²) in [5.74, 6) is 0.553. The number of hydrogen-bond donors (Lipinski definition) is 1. The van der Waals surface area contributed by atoms with Gasteiger partial charge in [0.15, 0.2) is 5.76 Å². The third-order valence-electron chi connectivity index (χ3n) is 2.04. The Morgan fingerprint density at radius 2 is 2.25 bits per heavy atom. The lowest BCUT2D eigenvalue weighted by atomic mass is 10.3. The molecule has 16 heavy (non-hydrogen) atoms. The number of carbonyl (C=O) groups is 1. The van der Waals surface area contributed by atoms with E-state index < -0.39 is 0 Å². The maximum absolute atomic E-state index is 11.7. The Hall–Kier alpha value is -1.37. The van der Waals surface area contributed by atoms with Crippen LogP contribution >= 0.6 is 22.6 Å². The zero-order chi connectivity index (χ0) is 11.5. The van der Waals surface area contributed by atoms with Crippen molar-refractivity contribution in [2.24, 2.45) is 0 Å². The molecule has 5 heteroatoms. The quantitative estimate of drug-likeness (QED) is 0.863. The van der Waals surface area contributed by atoms with E-state index in [9.17, 15) is 4.79 Å². The molecule has 1 amide bonds. The number of amides is 1. The highest BCUT2D eigenvalue weighted by Gasteiger charge is 2.12. The van der Waals surface area contributed by atoms with Crippen LogP contribution in [0.3, 0.4) is 0 Å². The van der Waals surface area contributed by atoms with Crippen molar-refractivity contribution in [1.82, 2.24) is 4.98 Å². The number of rotatable bonds is 2. The van der Waals surface area contributed by atoms with Gasteiger partial charge in [0.1, 0.15) is 5.82 Å². The summed E-state index contributed by atoms with van der Waals surface area (Å²) in [5, 5.41) is 2.67. The summed E-state index contributed by atoms with van der Waals surface area (Å²) in [6, 6.07) is 5.37. The largest absolute Gasteiger partial charge is 0.459 e. The molecule has 82 valence electrons. The molecule has 0 saturated carbocycles. The lowest BCUT2D eigenvalue weighted by Crippen LogP contribution is -2.13. The first kappa shape index (κ1) is 11.1. The van der Waals surface area contributed by atoms with Gasteiger partial charge in [-0.15, -0.1) is 0 Å². The second kappa shape index (κ2) is 4.65. The molecule has 0 spiro atoms. The average molecular weight is 328 g/mol. The minimum atomic E-state index is -0.281. The van der Waals surface area contributed by atoms with Crippen molar-refractivity contribution in [3.05, 3.63) is 45.6 Å². The smallest absolute Gasteiger partial charge is 0.292 e. The van der Waals surface area contributed by atoms with Gasteiger partial charge in [0.25, 0.3) is 5.91 Å². The van der Waals surface area contributed by atoms with E-state index in [1.165, 1.54) is 6.26 Å². The van der Waals surface area contributed by atoms with Crippen LogP contribution in [0.5, 0.6) is 0 Å². The summed E-state index contributed by atoms with van der Waals surface area (Å²) in [7, 11) is 0. The first-order chi connectivity index (χ1) is 7.66. The molecule has 0 unspecified atom stereocenters. The molecule has 2 aromatic rings. The summed E-state index contributed by atoms with van der Waals surface area (Å²) in [6.45, 7) is 1.82. The van der Waals surface area contributed by atoms with Crippen molar-refractivity contribution in [2.75, 3.05) is 5.32 Å². The Kier molecular flexibility index (Phi) is 3.23. The summed E-state index contributed by atoms with van der Waals surface area (Å²) in [4.78, 5) is 15.8. The van der Waals surface area contributed by atoms with Crippen LogP contribution in [-0.2, 0) is 0 Å². The number of nitrogens with one attached hydrogen (secondary N) is 1. The molecule has 2 heterocycles. The number of aryl methyl sites for hydroxylation is 1. The highest BCUT2D eigenvalue weighted by atomic mass is 127. The van der Waals surface area contributed by atoms with Gasteiger partial charge in [-0.3, -0.25) is 4.79 Å². The Bertz CT molecular complexity index is 505. The Morgan fingerprint density at radius 3 is 2.81 bits per heavy atom. The third kappa shape index (κ3) is 2.41. The molecular formula is C11H9IN2O2. The topological polar surface area (TPSA) is 55.1 Å². The first-order valence-electron chi connectivity index (χ1n) is 4.64. The summed E-state index contributed by atoms with van der Waals surface area (Å²) < 4.78 is 6.10. The van der Waals surface area contributed by atoms with Crippen LogP contribution in [0.4, 0.5) is 5.82 Å². The summed E-state index contributed by atoms with van der Waals surface area (Å²) >= 11 is 2.15. The molecule has 4 nitrogen and oxygen atoms in total. The summed E-state index contributed by atoms with van der Waals surface area (Å²) in [6.07, 6.45) is 3.18. The standard InChI is InChI=1S/C11H9IN2O2/c1-7-4-5-16-10(7)11(15)14-9-3-2-8(12)6-13-9/h2-6H,1H3,(H,13,14,15). The van der Waals surface area contributed by atoms with E-state index in [2.05, 4.69) is 32.9 Å². The molecule has 0 saturated heterocycles. The van der Waals surface area contributed by atoms with Crippen LogP contribution in [-0.4, -0.2) is 10.9 Å². The lowest BCUT2D eigenvalue weighted by molar-refractivity contribution is 0.0995. The predicted octanol–water partition coefficient (Wildman–Crippen LogP) is 2.84. The second-order valence-electron chi connectivity index (χ2n) is 3.25. The minimum Gasteiger partial charge on any atom is -0.459 e. The van der Waals surface area contributed by atoms with E-state index in [-0.39, 0.29) is 5.91 Å². The number of anilines is 1. The number of halogens is 1. The van der Waals surface area contributed by atoms with Crippen LogP contribution in [0, 0.1) is 10.5 Å². The van der Waals surface area contributed by atoms with Crippen LogP contribution in [0.25, 0.3) is 0 Å². The monoisotopic (exact) mass is 328 g/mol. The van der Waals surface area contributed by atoms with Crippen molar-refractivity contribution in [2.45, 2.75) is 6.92 Å². The molecule has 2 rings (SSSR count). The fourth-order valence-corrected chi connectivity index (χ4v) is 1.55. The molecule has 0 aliphatic heterocycles. The number of pyridine rings is 1. The van der Waals surface area contributed by atoms with Gasteiger partial charge in [-0.2, -0.15) is 0 Å². The van der Waals surface area contributed by atoms with Gasteiger partial charge < -0.3 is 9.73 Å². The van der Waals surface area contributed by atoms with Crippen molar-refractivity contribution in [3.8, 4) is 0 Å². The van der Waals surface area contributed by atoms with E-state index >= 15 is 0 Å². The van der Waals surface area contributed by atoms with Crippen LogP contribution < -0.4 is 5.32 Å². The molecule has 0 aliphatic rings. The van der Waals surface area contributed by atoms with E-state index in [1.807, 2.05) is 13.0 Å². The van der Waals surface area contributed by atoms with Gasteiger partial charge in [0, 0.05) is 15.3 Å². The fraction of sp³-hybridized carbons (Fsp3) is 0.0909. The van der Waals surface area contributed by atoms with E-state index in [0.717, 1.165) is 9.13 Å². The summed E-state index contributed by atoms with van der Waals surface area (Å²) in [5.41, 5.74) is 0.808. The van der Waals surface area contributed by atoms with Crippen molar-refractivity contribution < 1.29 is 9.21 Å². The fourth-order valence-electron chi connectivity index (χ4n) is 1.23. The van der Waals surface area contributed by atoms with Crippen LogP contribution in [0.2, 0.25) is 0 Å².